The van der Waals surface area contributed by atoms with Gasteiger partial charge in [0.1, 0.15) is 0 Å². The van der Waals surface area contributed by atoms with Gasteiger partial charge in [0.25, 0.3) is 0 Å². The number of ether oxygens (including phenoxy) is 1. The molecule has 20 heavy (non-hydrogen) atoms. The third-order valence-electron chi connectivity index (χ3n) is 6.21. The maximum absolute atomic E-state index is 6.16. The molecule has 106 valence electrons. The van der Waals surface area contributed by atoms with Gasteiger partial charge in [0, 0.05) is 17.4 Å². The van der Waals surface area contributed by atoms with E-state index in [4.69, 9.17) is 22.7 Å². The van der Waals surface area contributed by atoms with E-state index in [-0.39, 0.29) is 10.8 Å². The molecule has 0 spiro atoms. The topological polar surface area (TPSA) is 35.2 Å². The summed E-state index contributed by atoms with van der Waals surface area (Å²) in [7, 11) is 0. The number of hydrogen-bond donors (Lipinski definition) is 1. The molecule has 3 heteroatoms. The van der Waals surface area contributed by atoms with E-state index in [1.165, 1.54) is 12.0 Å². The molecular formula is C17H21NOS. The van der Waals surface area contributed by atoms with Crippen molar-refractivity contribution in [3.05, 3.63) is 35.9 Å². The summed E-state index contributed by atoms with van der Waals surface area (Å²) in [4.78, 5) is 0.727. The molecule has 0 amide bonds. The van der Waals surface area contributed by atoms with E-state index < -0.39 is 0 Å². The minimum atomic E-state index is 0.0652. The molecule has 1 aromatic carbocycles. The van der Waals surface area contributed by atoms with Crippen molar-refractivity contribution < 1.29 is 4.74 Å². The van der Waals surface area contributed by atoms with Crippen LogP contribution in [0.15, 0.2) is 30.3 Å². The zero-order valence-electron chi connectivity index (χ0n) is 11.8. The number of hydrogen-bond acceptors (Lipinski definition) is 2. The van der Waals surface area contributed by atoms with Crippen molar-refractivity contribution in [2.24, 2.45) is 23.0 Å². The zero-order chi connectivity index (χ0) is 14.0. The Labute approximate surface area is 125 Å². The second kappa shape index (κ2) is 4.05. The van der Waals surface area contributed by atoms with Crippen LogP contribution in [-0.4, -0.2) is 17.7 Å². The van der Waals surface area contributed by atoms with E-state index in [0.717, 1.165) is 24.4 Å². The number of rotatable bonds is 4. The first-order chi connectivity index (χ1) is 9.64. The van der Waals surface area contributed by atoms with E-state index in [1.807, 2.05) is 0 Å². The van der Waals surface area contributed by atoms with E-state index >= 15 is 0 Å². The highest BCUT2D eigenvalue weighted by molar-refractivity contribution is 7.80. The minimum absolute atomic E-state index is 0.0652. The Hall–Kier alpha value is -0.930. The van der Waals surface area contributed by atoms with E-state index in [0.29, 0.717) is 17.9 Å². The quantitative estimate of drug-likeness (QED) is 0.865. The lowest BCUT2D eigenvalue weighted by Gasteiger charge is -2.34. The van der Waals surface area contributed by atoms with E-state index in [1.54, 1.807) is 0 Å². The fourth-order valence-corrected chi connectivity index (χ4v) is 5.90. The summed E-state index contributed by atoms with van der Waals surface area (Å²) in [6.07, 6.45) is 3.82. The summed E-state index contributed by atoms with van der Waals surface area (Å²) in [5, 5.41) is 0. The van der Waals surface area contributed by atoms with Gasteiger partial charge in [0.2, 0.25) is 0 Å². The lowest BCUT2D eigenvalue weighted by Crippen LogP contribution is -2.40. The SMILES string of the molecule is CCOC1C2CC3(c4ccccc4)CC2(C(N)=S)CC13. The zero-order valence-corrected chi connectivity index (χ0v) is 12.7. The van der Waals surface area contributed by atoms with Crippen LogP contribution in [-0.2, 0) is 10.2 Å². The fraction of sp³-hybridized carbons (Fsp3) is 0.588. The highest BCUT2D eigenvalue weighted by atomic mass is 32.1. The van der Waals surface area contributed by atoms with Gasteiger partial charge in [0.15, 0.2) is 0 Å². The first-order valence-electron chi connectivity index (χ1n) is 7.61. The summed E-state index contributed by atoms with van der Waals surface area (Å²) < 4.78 is 6.10. The van der Waals surface area contributed by atoms with Gasteiger partial charge >= 0.3 is 0 Å². The van der Waals surface area contributed by atoms with Crippen LogP contribution in [0, 0.1) is 17.3 Å². The first kappa shape index (κ1) is 12.8. The molecule has 5 unspecified atom stereocenters. The van der Waals surface area contributed by atoms with Crippen molar-refractivity contribution in [2.75, 3.05) is 6.61 Å². The Morgan fingerprint density at radius 3 is 2.65 bits per heavy atom. The Balaban J connectivity index is 1.80. The monoisotopic (exact) mass is 287 g/mol. The highest BCUT2D eigenvalue weighted by Crippen LogP contribution is 2.76. The molecule has 4 bridgehead atoms. The van der Waals surface area contributed by atoms with E-state index in [2.05, 4.69) is 37.3 Å². The summed E-state index contributed by atoms with van der Waals surface area (Å²) in [5.41, 5.74) is 7.95. The molecule has 4 aliphatic rings. The molecule has 5 atom stereocenters. The van der Waals surface area contributed by atoms with E-state index in [9.17, 15) is 0 Å². The highest BCUT2D eigenvalue weighted by Gasteiger charge is 2.76. The van der Waals surface area contributed by atoms with Gasteiger partial charge in [-0.05, 0) is 43.6 Å². The van der Waals surface area contributed by atoms with Crippen LogP contribution in [0.25, 0.3) is 0 Å². The molecule has 4 saturated carbocycles. The summed E-state index contributed by atoms with van der Waals surface area (Å²) in [5.74, 6) is 1.13. The predicted molar refractivity (Wildman–Crippen MR) is 83.6 cm³/mol. The molecule has 2 N–H and O–H groups in total. The Bertz CT molecular complexity index is 559. The molecule has 0 aliphatic heterocycles. The normalized spacial score (nSPS) is 44.4. The van der Waals surface area contributed by atoms with Crippen LogP contribution in [0.2, 0.25) is 0 Å². The van der Waals surface area contributed by atoms with Crippen molar-refractivity contribution >= 4 is 17.2 Å². The van der Waals surface area contributed by atoms with Crippen molar-refractivity contribution in [1.29, 1.82) is 0 Å². The summed E-state index contributed by atoms with van der Waals surface area (Å²) in [6, 6.07) is 10.9. The average molecular weight is 287 g/mol. The van der Waals surface area contributed by atoms with Gasteiger partial charge < -0.3 is 10.5 Å². The van der Waals surface area contributed by atoms with Gasteiger partial charge in [-0.25, -0.2) is 0 Å². The molecule has 0 heterocycles. The van der Waals surface area contributed by atoms with Crippen LogP contribution >= 0.6 is 12.2 Å². The van der Waals surface area contributed by atoms with Crippen molar-refractivity contribution in [2.45, 2.75) is 37.7 Å². The van der Waals surface area contributed by atoms with Crippen LogP contribution in [0.1, 0.15) is 31.7 Å². The lowest BCUT2D eigenvalue weighted by molar-refractivity contribution is 0.00687. The van der Waals surface area contributed by atoms with Gasteiger partial charge in [-0.3, -0.25) is 0 Å². The largest absolute Gasteiger partial charge is 0.393 e. The number of nitrogens with two attached hydrogens (primary N) is 1. The molecule has 0 aromatic heterocycles. The molecule has 4 aliphatic carbocycles. The third kappa shape index (κ3) is 1.31. The summed E-state index contributed by atoms with van der Waals surface area (Å²) in [6.45, 7) is 2.88. The Morgan fingerprint density at radius 2 is 2.05 bits per heavy atom. The molecule has 0 radical (unpaired) electrons. The standard InChI is InChI=1S/C17H21NOS/c1-2-19-14-12-9-17(15(18)20)10-16(12,8-13(14)17)11-6-4-3-5-7-11/h3-7,12-14H,2,8-10H2,1H3,(H2,18,20). The molecule has 0 saturated heterocycles. The Morgan fingerprint density at radius 1 is 1.30 bits per heavy atom. The first-order valence-corrected chi connectivity index (χ1v) is 8.02. The van der Waals surface area contributed by atoms with Gasteiger partial charge in [0.05, 0.1) is 11.1 Å². The molecule has 5 rings (SSSR count). The predicted octanol–water partition coefficient (Wildman–Crippen LogP) is 3.05. The molecular weight excluding hydrogens is 266 g/mol. The smallest absolute Gasteiger partial charge is 0.0794 e. The number of thiocarbonyl (C=S) groups is 1. The molecule has 2 nitrogen and oxygen atoms in total. The third-order valence-corrected chi connectivity index (χ3v) is 6.62. The van der Waals surface area contributed by atoms with Crippen molar-refractivity contribution in [1.82, 2.24) is 0 Å². The average Bonchev–Trinajstić information content (AvgIpc) is 3.13. The maximum atomic E-state index is 6.16. The van der Waals surface area contributed by atoms with Crippen molar-refractivity contribution in [3.8, 4) is 0 Å². The maximum Gasteiger partial charge on any atom is 0.0794 e. The lowest BCUT2D eigenvalue weighted by atomic mass is 9.74. The number of benzene rings is 1. The van der Waals surface area contributed by atoms with Gasteiger partial charge in [-0.15, -0.1) is 0 Å². The second-order valence-corrected chi connectivity index (χ2v) is 7.20. The van der Waals surface area contributed by atoms with Crippen LogP contribution in [0.3, 0.4) is 0 Å². The van der Waals surface area contributed by atoms with Crippen molar-refractivity contribution in [3.63, 3.8) is 0 Å². The van der Waals surface area contributed by atoms with Crippen LogP contribution in [0.4, 0.5) is 0 Å². The Kier molecular flexibility index (Phi) is 2.59. The second-order valence-electron chi connectivity index (χ2n) is 6.76. The van der Waals surface area contributed by atoms with Gasteiger partial charge in [-0.1, -0.05) is 42.5 Å². The van der Waals surface area contributed by atoms with Crippen LogP contribution in [0.5, 0.6) is 0 Å². The minimum Gasteiger partial charge on any atom is -0.393 e. The van der Waals surface area contributed by atoms with Crippen LogP contribution < -0.4 is 5.73 Å². The fourth-order valence-electron chi connectivity index (χ4n) is 5.59. The molecule has 1 aromatic rings. The molecule has 4 fully saturated rings. The summed E-state index contributed by atoms with van der Waals surface area (Å²) >= 11 is 5.46. The van der Waals surface area contributed by atoms with Gasteiger partial charge in [-0.2, -0.15) is 0 Å².